The van der Waals surface area contributed by atoms with Gasteiger partial charge in [0.15, 0.2) is 0 Å². The Hall–Kier alpha value is -1.65. The molecule has 0 aromatic carbocycles. The van der Waals surface area contributed by atoms with Gasteiger partial charge in [0.25, 0.3) is 0 Å². The number of fused-ring (bicyclic) bond motifs is 1. The lowest BCUT2D eigenvalue weighted by atomic mass is 9.76. The van der Waals surface area contributed by atoms with E-state index in [1.165, 1.54) is 13.0 Å². The first-order valence-electron chi connectivity index (χ1n) is 6.64. The first-order chi connectivity index (χ1) is 8.99. The Bertz CT molecular complexity index is 411. The van der Waals surface area contributed by atoms with Gasteiger partial charge in [0, 0.05) is 17.9 Å². The minimum Gasteiger partial charge on any atom is -0.478 e. The van der Waals surface area contributed by atoms with Gasteiger partial charge in [-0.25, -0.2) is 4.79 Å². The molecular formula is C14H18O5. The molecule has 5 heteroatoms. The second-order valence-electron chi connectivity index (χ2n) is 5.30. The van der Waals surface area contributed by atoms with Crippen LogP contribution >= 0.6 is 0 Å². The highest BCUT2D eigenvalue weighted by Crippen LogP contribution is 2.35. The fourth-order valence-electron chi connectivity index (χ4n) is 2.87. The van der Waals surface area contributed by atoms with E-state index in [4.69, 9.17) is 9.84 Å². The zero-order valence-electron chi connectivity index (χ0n) is 10.9. The smallest absolute Gasteiger partial charge is 0.331 e. The van der Waals surface area contributed by atoms with Crippen LogP contribution in [0, 0.1) is 11.8 Å². The van der Waals surface area contributed by atoms with Gasteiger partial charge in [-0.2, -0.15) is 0 Å². The van der Waals surface area contributed by atoms with E-state index >= 15 is 0 Å². The van der Waals surface area contributed by atoms with E-state index in [9.17, 15) is 14.4 Å². The Kier molecular flexibility index (Phi) is 4.02. The second-order valence-corrected chi connectivity index (χ2v) is 5.30. The molecule has 0 aromatic heterocycles. The van der Waals surface area contributed by atoms with Crippen LogP contribution in [0.5, 0.6) is 0 Å². The lowest BCUT2D eigenvalue weighted by Crippen LogP contribution is -2.30. The zero-order chi connectivity index (χ0) is 14.0. The molecule has 1 aliphatic heterocycles. The topological polar surface area (TPSA) is 80.7 Å². The molecule has 1 saturated heterocycles. The van der Waals surface area contributed by atoms with Gasteiger partial charge in [-0.15, -0.1) is 0 Å². The summed E-state index contributed by atoms with van der Waals surface area (Å²) in [7, 11) is 0. The van der Waals surface area contributed by atoms with Crippen molar-refractivity contribution in [2.75, 3.05) is 0 Å². The number of carboxylic acids is 1. The summed E-state index contributed by atoms with van der Waals surface area (Å²) in [4.78, 5) is 34.9. The number of hydrogen-bond acceptors (Lipinski definition) is 4. The highest BCUT2D eigenvalue weighted by molar-refractivity contribution is 5.90. The average Bonchev–Trinajstić information content (AvgIpc) is 2.48. The van der Waals surface area contributed by atoms with E-state index in [0.29, 0.717) is 6.42 Å². The molecule has 2 rings (SSSR count). The van der Waals surface area contributed by atoms with Crippen LogP contribution in [0.4, 0.5) is 0 Å². The monoisotopic (exact) mass is 266 g/mol. The summed E-state index contributed by atoms with van der Waals surface area (Å²) >= 11 is 0. The van der Waals surface area contributed by atoms with Crippen LogP contribution in [0.2, 0.25) is 0 Å². The first-order valence-corrected chi connectivity index (χ1v) is 6.64. The van der Waals surface area contributed by atoms with Crippen molar-refractivity contribution in [3.05, 3.63) is 11.6 Å². The molecule has 3 atom stereocenters. The summed E-state index contributed by atoms with van der Waals surface area (Å²) in [5.74, 6) is -1.95. The molecule has 3 unspecified atom stereocenters. The molecule has 2 fully saturated rings. The molecule has 5 nitrogen and oxygen atoms in total. The number of ether oxygens (including phenoxy) is 1. The van der Waals surface area contributed by atoms with E-state index in [1.807, 2.05) is 0 Å². The van der Waals surface area contributed by atoms with Gasteiger partial charge in [-0.05, 0) is 25.8 Å². The van der Waals surface area contributed by atoms with Gasteiger partial charge in [0.2, 0.25) is 0 Å². The number of esters is 1. The van der Waals surface area contributed by atoms with E-state index in [2.05, 4.69) is 0 Å². The number of aliphatic carboxylic acids is 1. The van der Waals surface area contributed by atoms with E-state index < -0.39 is 12.1 Å². The maximum atomic E-state index is 12.1. The Balaban J connectivity index is 2.18. The highest BCUT2D eigenvalue weighted by Gasteiger charge is 2.40. The average molecular weight is 266 g/mol. The number of carbonyl (C=O) groups is 3. The van der Waals surface area contributed by atoms with Crippen molar-refractivity contribution in [2.24, 2.45) is 11.8 Å². The molecule has 0 bridgehead atoms. The van der Waals surface area contributed by atoms with Crippen molar-refractivity contribution < 1.29 is 24.2 Å². The third-order valence-electron chi connectivity index (χ3n) is 3.93. The van der Waals surface area contributed by atoms with E-state index in [0.717, 1.165) is 19.3 Å². The molecule has 104 valence electrons. The van der Waals surface area contributed by atoms with Crippen LogP contribution in [-0.4, -0.2) is 28.9 Å². The van der Waals surface area contributed by atoms with Crippen molar-refractivity contribution in [2.45, 2.75) is 45.1 Å². The summed E-state index contributed by atoms with van der Waals surface area (Å²) in [5.41, 5.74) is 0.0930. The molecule has 0 amide bonds. The van der Waals surface area contributed by atoms with Crippen molar-refractivity contribution in [3.8, 4) is 0 Å². The van der Waals surface area contributed by atoms with Crippen LogP contribution in [0.3, 0.4) is 0 Å². The molecule has 1 N–H and O–H groups in total. The number of carbonyl (C=O) groups excluding carboxylic acids is 2. The normalized spacial score (nSPS) is 32.3. The highest BCUT2D eigenvalue weighted by atomic mass is 16.5. The minimum absolute atomic E-state index is 0.0231. The molecule has 2 aliphatic rings. The largest absolute Gasteiger partial charge is 0.478 e. The maximum absolute atomic E-state index is 12.1. The van der Waals surface area contributed by atoms with Gasteiger partial charge in [-0.3, -0.25) is 9.59 Å². The van der Waals surface area contributed by atoms with Crippen molar-refractivity contribution >= 4 is 17.7 Å². The van der Waals surface area contributed by atoms with Gasteiger partial charge in [0.1, 0.15) is 11.9 Å². The van der Waals surface area contributed by atoms with E-state index in [-0.39, 0.29) is 35.6 Å². The summed E-state index contributed by atoms with van der Waals surface area (Å²) in [6, 6.07) is 0. The van der Waals surface area contributed by atoms with Crippen molar-refractivity contribution in [1.29, 1.82) is 0 Å². The van der Waals surface area contributed by atoms with Crippen LogP contribution in [0.15, 0.2) is 11.6 Å². The third kappa shape index (κ3) is 3.03. The first kappa shape index (κ1) is 13.8. The second kappa shape index (κ2) is 5.55. The van der Waals surface area contributed by atoms with E-state index in [1.54, 1.807) is 0 Å². The third-order valence-corrected chi connectivity index (χ3v) is 3.93. The molecule has 1 saturated carbocycles. The van der Waals surface area contributed by atoms with Crippen LogP contribution in [0.25, 0.3) is 0 Å². The standard InChI is InChI=1S/C14H18O5/c1-8(13(16)17)6-9-7-12(15)10-4-2-3-5-11(10)14(18)19-9/h6,9-11H,2-5,7H2,1H3,(H,16,17). The Labute approximate surface area is 111 Å². The number of cyclic esters (lactones) is 1. The molecule has 1 aliphatic carbocycles. The maximum Gasteiger partial charge on any atom is 0.331 e. The SMILES string of the molecule is CC(=CC1CC(=O)C2CCCCC2C(=O)O1)C(=O)O. The molecule has 0 aromatic rings. The lowest BCUT2D eigenvalue weighted by Gasteiger charge is -2.25. The lowest BCUT2D eigenvalue weighted by molar-refractivity contribution is -0.153. The fourth-order valence-corrected chi connectivity index (χ4v) is 2.87. The zero-order valence-corrected chi connectivity index (χ0v) is 10.9. The van der Waals surface area contributed by atoms with Gasteiger partial charge < -0.3 is 9.84 Å². The van der Waals surface area contributed by atoms with Gasteiger partial charge >= 0.3 is 11.9 Å². The summed E-state index contributed by atoms with van der Waals surface area (Å²) in [6.45, 7) is 1.43. The quantitative estimate of drug-likeness (QED) is 0.608. The van der Waals surface area contributed by atoms with Gasteiger partial charge in [0.05, 0.1) is 5.92 Å². The minimum atomic E-state index is -1.06. The molecular weight excluding hydrogens is 248 g/mol. The Morgan fingerprint density at radius 1 is 1.26 bits per heavy atom. The number of carboxylic acid groups (broad SMARTS) is 1. The summed E-state index contributed by atoms with van der Waals surface area (Å²) in [6.07, 6.45) is 4.07. The Morgan fingerprint density at radius 2 is 1.89 bits per heavy atom. The number of Topliss-reactive ketones (excluding diaryl/α,β-unsaturated/α-hetero) is 1. The predicted octanol–water partition coefficient (Wildman–Crippen LogP) is 1.71. The van der Waals surface area contributed by atoms with Crippen LogP contribution < -0.4 is 0 Å². The molecule has 19 heavy (non-hydrogen) atoms. The molecule has 0 radical (unpaired) electrons. The Morgan fingerprint density at radius 3 is 2.53 bits per heavy atom. The number of hydrogen-bond donors (Lipinski definition) is 1. The molecule has 0 spiro atoms. The number of ketones is 1. The van der Waals surface area contributed by atoms with Crippen molar-refractivity contribution in [3.63, 3.8) is 0 Å². The van der Waals surface area contributed by atoms with Gasteiger partial charge in [-0.1, -0.05) is 12.8 Å². The van der Waals surface area contributed by atoms with Crippen molar-refractivity contribution in [1.82, 2.24) is 0 Å². The van der Waals surface area contributed by atoms with Crippen LogP contribution in [0.1, 0.15) is 39.0 Å². The predicted molar refractivity (Wildman–Crippen MR) is 66.3 cm³/mol. The van der Waals surface area contributed by atoms with Crippen LogP contribution in [-0.2, 0) is 19.1 Å². The summed E-state index contributed by atoms with van der Waals surface area (Å²) in [5, 5.41) is 8.83. The number of rotatable bonds is 2. The molecule has 1 heterocycles. The fraction of sp³-hybridized carbons (Fsp3) is 0.643. The summed E-state index contributed by atoms with van der Waals surface area (Å²) < 4.78 is 5.27.